The third-order valence-corrected chi connectivity index (χ3v) is 3.20. The maximum absolute atomic E-state index is 12.0. The Labute approximate surface area is 115 Å². The van der Waals surface area contributed by atoms with E-state index in [0.29, 0.717) is 0 Å². The summed E-state index contributed by atoms with van der Waals surface area (Å²) >= 11 is 0. The number of ether oxygens (including phenoxy) is 1. The standard InChI is InChI=1S/C13H16N2O5/c14-20-10-6-11(15(7-10)13(17)18)12(16)19-8-9-4-2-1-3-5-9/h1-5,10-11H,6-8,14H2,(H,17,18). The highest BCUT2D eigenvalue weighted by atomic mass is 16.6. The topological polar surface area (TPSA) is 102 Å². The van der Waals surface area contributed by atoms with Gasteiger partial charge in [-0.2, -0.15) is 0 Å². The summed E-state index contributed by atoms with van der Waals surface area (Å²) in [6.45, 7) is 0.175. The van der Waals surface area contributed by atoms with Crippen molar-refractivity contribution in [3.05, 3.63) is 35.9 Å². The fraction of sp³-hybridized carbons (Fsp3) is 0.385. The quantitative estimate of drug-likeness (QED) is 0.623. The Kier molecular flexibility index (Phi) is 4.54. The predicted molar refractivity (Wildman–Crippen MR) is 68.4 cm³/mol. The van der Waals surface area contributed by atoms with Crippen LogP contribution in [0.1, 0.15) is 12.0 Å². The average molecular weight is 280 g/mol. The van der Waals surface area contributed by atoms with Gasteiger partial charge in [0.15, 0.2) is 0 Å². The van der Waals surface area contributed by atoms with Crippen LogP contribution in [0, 0.1) is 0 Å². The molecule has 1 aliphatic heterocycles. The molecule has 0 aliphatic carbocycles. The second kappa shape index (κ2) is 6.36. The second-order valence-electron chi connectivity index (χ2n) is 4.54. The predicted octanol–water partition coefficient (Wildman–Crippen LogP) is 0.741. The van der Waals surface area contributed by atoms with Gasteiger partial charge < -0.3 is 9.84 Å². The van der Waals surface area contributed by atoms with Gasteiger partial charge in [-0.15, -0.1) is 0 Å². The summed E-state index contributed by atoms with van der Waals surface area (Å²) in [5.74, 6) is 4.46. The van der Waals surface area contributed by atoms with Gasteiger partial charge in [0.1, 0.15) is 12.6 Å². The van der Waals surface area contributed by atoms with Crippen molar-refractivity contribution in [2.24, 2.45) is 5.90 Å². The van der Waals surface area contributed by atoms with Crippen molar-refractivity contribution in [3.63, 3.8) is 0 Å². The molecule has 1 aromatic carbocycles. The Morgan fingerprint density at radius 2 is 2.05 bits per heavy atom. The van der Waals surface area contributed by atoms with E-state index in [1.54, 1.807) is 0 Å². The summed E-state index contributed by atoms with van der Waals surface area (Å²) < 4.78 is 5.14. The van der Waals surface area contributed by atoms with Crippen LogP contribution in [-0.4, -0.2) is 40.8 Å². The third kappa shape index (κ3) is 3.25. The number of carboxylic acid groups (broad SMARTS) is 1. The summed E-state index contributed by atoms with van der Waals surface area (Å²) in [4.78, 5) is 28.7. The lowest BCUT2D eigenvalue weighted by Gasteiger charge is -2.19. The molecule has 0 aromatic heterocycles. The first-order valence-corrected chi connectivity index (χ1v) is 6.17. The van der Waals surface area contributed by atoms with Gasteiger partial charge in [0.2, 0.25) is 0 Å². The number of esters is 1. The summed E-state index contributed by atoms with van der Waals surface area (Å²) in [6.07, 6.45) is -1.47. The van der Waals surface area contributed by atoms with Gasteiger partial charge in [0.05, 0.1) is 12.6 Å². The first-order chi connectivity index (χ1) is 9.61. The maximum Gasteiger partial charge on any atom is 0.408 e. The van der Waals surface area contributed by atoms with Gasteiger partial charge in [0.25, 0.3) is 0 Å². The molecular formula is C13H16N2O5. The van der Waals surface area contributed by atoms with Crippen LogP contribution >= 0.6 is 0 Å². The Bertz CT molecular complexity index is 479. The van der Waals surface area contributed by atoms with Gasteiger partial charge in [-0.05, 0) is 5.56 Å². The number of hydrogen-bond acceptors (Lipinski definition) is 5. The molecule has 0 bridgehead atoms. The molecule has 2 unspecified atom stereocenters. The molecule has 20 heavy (non-hydrogen) atoms. The number of nitrogens with zero attached hydrogens (tertiary/aromatic N) is 1. The number of carbonyl (C=O) groups is 2. The summed E-state index contributed by atoms with van der Waals surface area (Å²) in [6, 6.07) is 8.30. The molecule has 3 N–H and O–H groups in total. The lowest BCUT2D eigenvalue weighted by Crippen LogP contribution is -2.40. The number of carbonyl (C=O) groups excluding carboxylic acids is 1. The van der Waals surface area contributed by atoms with Crippen LogP contribution in [0.15, 0.2) is 30.3 Å². The number of rotatable bonds is 4. The van der Waals surface area contributed by atoms with E-state index in [2.05, 4.69) is 4.84 Å². The van der Waals surface area contributed by atoms with E-state index < -0.39 is 24.2 Å². The number of likely N-dealkylation sites (tertiary alicyclic amines) is 1. The van der Waals surface area contributed by atoms with E-state index in [0.717, 1.165) is 10.5 Å². The molecule has 7 nitrogen and oxygen atoms in total. The van der Waals surface area contributed by atoms with E-state index in [1.807, 2.05) is 30.3 Å². The van der Waals surface area contributed by atoms with Crippen molar-refractivity contribution in [1.29, 1.82) is 0 Å². The van der Waals surface area contributed by atoms with Crippen LogP contribution < -0.4 is 5.90 Å². The molecule has 2 rings (SSSR count). The van der Waals surface area contributed by atoms with E-state index in [9.17, 15) is 9.59 Å². The largest absolute Gasteiger partial charge is 0.465 e. The average Bonchev–Trinajstić information content (AvgIpc) is 2.90. The Morgan fingerprint density at radius 1 is 1.35 bits per heavy atom. The smallest absolute Gasteiger partial charge is 0.408 e. The van der Waals surface area contributed by atoms with E-state index >= 15 is 0 Å². The van der Waals surface area contributed by atoms with E-state index in [4.69, 9.17) is 15.7 Å². The zero-order valence-electron chi connectivity index (χ0n) is 10.8. The summed E-state index contributed by atoms with van der Waals surface area (Å²) in [5, 5.41) is 9.05. The third-order valence-electron chi connectivity index (χ3n) is 3.20. The van der Waals surface area contributed by atoms with Crippen LogP contribution in [0.4, 0.5) is 4.79 Å². The molecular weight excluding hydrogens is 264 g/mol. The summed E-state index contributed by atoms with van der Waals surface area (Å²) in [5.41, 5.74) is 0.840. The highest BCUT2D eigenvalue weighted by molar-refractivity contribution is 5.81. The second-order valence-corrected chi connectivity index (χ2v) is 4.54. The Balaban J connectivity index is 1.95. The van der Waals surface area contributed by atoms with Crippen LogP contribution in [0.25, 0.3) is 0 Å². The van der Waals surface area contributed by atoms with Crippen molar-refractivity contribution in [1.82, 2.24) is 4.90 Å². The van der Waals surface area contributed by atoms with Crippen molar-refractivity contribution < 1.29 is 24.3 Å². The fourth-order valence-electron chi connectivity index (χ4n) is 2.16. The molecule has 0 radical (unpaired) electrons. The molecule has 108 valence electrons. The molecule has 1 aliphatic rings. The lowest BCUT2D eigenvalue weighted by atomic mass is 10.2. The molecule has 1 fully saturated rings. The zero-order chi connectivity index (χ0) is 14.5. The van der Waals surface area contributed by atoms with E-state index in [-0.39, 0.29) is 19.6 Å². The first-order valence-electron chi connectivity index (χ1n) is 6.17. The van der Waals surface area contributed by atoms with Crippen molar-refractivity contribution >= 4 is 12.1 Å². The fourth-order valence-corrected chi connectivity index (χ4v) is 2.16. The number of hydrogen-bond donors (Lipinski definition) is 2. The van der Waals surface area contributed by atoms with Gasteiger partial charge >= 0.3 is 12.1 Å². The minimum absolute atomic E-state index is 0.0664. The molecule has 2 atom stereocenters. The van der Waals surface area contributed by atoms with Crippen LogP contribution in [-0.2, 0) is 21.0 Å². The molecule has 1 heterocycles. The molecule has 1 amide bonds. The minimum atomic E-state index is -1.19. The van der Waals surface area contributed by atoms with Crippen LogP contribution in [0.3, 0.4) is 0 Å². The molecule has 0 saturated carbocycles. The van der Waals surface area contributed by atoms with Crippen LogP contribution in [0.2, 0.25) is 0 Å². The SMILES string of the molecule is NOC1CC(C(=O)OCc2ccccc2)N(C(=O)O)C1. The van der Waals surface area contributed by atoms with Crippen molar-refractivity contribution in [3.8, 4) is 0 Å². The monoisotopic (exact) mass is 280 g/mol. The molecule has 1 aromatic rings. The van der Waals surface area contributed by atoms with E-state index in [1.165, 1.54) is 0 Å². The lowest BCUT2D eigenvalue weighted by molar-refractivity contribution is -0.149. The normalized spacial score (nSPS) is 21.8. The number of benzene rings is 1. The Hall–Kier alpha value is -2.12. The van der Waals surface area contributed by atoms with Crippen molar-refractivity contribution in [2.45, 2.75) is 25.2 Å². The molecule has 1 saturated heterocycles. The highest BCUT2D eigenvalue weighted by Gasteiger charge is 2.41. The number of amides is 1. The van der Waals surface area contributed by atoms with Gasteiger partial charge in [-0.25, -0.2) is 15.5 Å². The molecule has 7 heteroatoms. The van der Waals surface area contributed by atoms with Gasteiger partial charge in [-0.3, -0.25) is 9.74 Å². The highest BCUT2D eigenvalue weighted by Crippen LogP contribution is 2.21. The molecule has 0 spiro atoms. The van der Waals surface area contributed by atoms with Crippen molar-refractivity contribution in [2.75, 3.05) is 6.54 Å². The maximum atomic E-state index is 12.0. The Morgan fingerprint density at radius 3 is 2.65 bits per heavy atom. The first kappa shape index (κ1) is 14.3. The number of nitrogens with two attached hydrogens (primary N) is 1. The zero-order valence-corrected chi connectivity index (χ0v) is 10.8. The van der Waals surface area contributed by atoms with Crippen LogP contribution in [0.5, 0.6) is 0 Å². The summed E-state index contributed by atoms with van der Waals surface area (Å²) in [7, 11) is 0. The van der Waals surface area contributed by atoms with Gasteiger partial charge in [0, 0.05) is 6.42 Å². The van der Waals surface area contributed by atoms with Gasteiger partial charge in [-0.1, -0.05) is 30.3 Å². The minimum Gasteiger partial charge on any atom is -0.465 e.